The third kappa shape index (κ3) is 5.70. The molecule has 3 N–H and O–H groups in total. The summed E-state index contributed by atoms with van der Waals surface area (Å²) in [5, 5.41) is 8.42. The Kier molecular flexibility index (Phi) is 6.91. The summed E-state index contributed by atoms with van der Waals surface area (Å²) in [5.74, 6) is 5.70. The van der Waals surface area contributed by atoms with E-state index in [1.54, 1.807) is 17.2 Å². The molecule has 0 aliphatic carbocycles. The van der Waals surface area contributed by atoms with Crippen LogP contribution in [-0.2, 0) is 4.74 Å². The number of hydrogen-bond donors (Lipinski definition) is 2. The van der Waals surface area contributed by atoms with Crippen LogP contribution in [0.15, 0.2) is 53.9 Å². The van der Waals surface area contributed by atoms with Crippen molar-refractivity contribution in [1.82, 2.24) is 15.0 Å². The summed E-state index contributed by atoms with van der Waals surface area (Å²) in [6.45, 7) is 2.12. The quantitative estimate of drug-likeness (QED) is 0.318. The van der Waals surface area contributed by atoms with Gasteiger partial charge in [-0.1, -0.05) is 0 Å². The summed E-state index contributed by atoms with van der Waals surface area (Å²) in [6, 6.07) is 11.8. The van der Waals surface area contributed by atoms with Gasteiger partial charge in [-0.15, -0.1) is 0 Å². The van der Waals surface area contributed by atoms with E-state index >= 15 is 0 Å². The van der Waals surface area contributed by atoms with Crippen LogP contribution in [-0.4, -0.2) is 61.6 Å². The SMILES string of the molecule is CN(C)c1ccc(Nc2ccc(/C=N/N(N)c3ncc(F)c(N4CCOCC4)n3)nc2)cc1. The molecule has 0 unspecified atom stereocenters. The molecule has 3 heterocycles. The van der Waals surface area contributed by atoms with Gasteiger partial charge in [0.15, 0.2) is 11.6 Å². The van der Waals surface area contributed by atoms with Crippen LogP contribution >= 0.6 is 0 Å². The molecule has 33 heavy (non-hydrogen) atoms. The van der Waals surface area contributed by atoms with Crippen molar-refractivity contribution in [3.05, 3.63) is 60.3 Å². The van der Waals surface area contributed by atoms with E-state index in [0.29, 0.717) is 32.0 Å². The van der Waals surface area contributed by atoms with Gasteiger partial charge in [-0.05, 0) is 36.4 Å². The lowest BCUT2D eigenvalue weighted by Gasteiger charge is -2.28. The number of morpholine rings is 1. The molecule has 1 aromatic carbocycles. The maximum atomic E-state index is 14.2. The third-order valence-electron chi connectivity index (χ3n) is 5.00. The van der Waals surface area contributed by atoms with Crippen LogP contribution in [0.5, 0.6) is 0 Å². The van der Waals surface area contributed by atoms with E-state index in [1.165, 1.54) is 6.21 Å². The molecule has 1 fully saturated rings. The number of hydrazine groups is 1. The van der Waals surface area contributed by atoms with Crippen LogP contribution in [0.25, 0.3) is 0 Å². The maximum absolute atomic E-state index is 14.2. The highest BCUT2D eigenvalue weighted by Gasteiger charge is 2.19. The molecule has 1 aliphatic rings. The first-order chi connectivity index (χ1) is 16.0. The topological polar surface area (TPSA) is 108 Å². The molecule has 1 saturated heterocycles. The third-order valence-corrected chi connectivity index (χ3v) is 5.00. The lowest BCUT2D eigenvalue weighted by Crippen LogP contribution is -2.38. The Morgan fingerprint density at radius 2 is 1.79 bits per heavy atom. The number of nitrogens with two attached hydrogens (primary N) is 1. The van der Waals surface area contributed by atoms with E-state index in [-0.39, 0.29) is 11.8 Å². The maximum Gasteiger partial charge on any atom is 0.263 e. The Bertz CT molecular complexity index is 1080. The van der Waals surface area contributed by atoms with Crippen molar-refractivity contribution in [2.45, 2.75) is 0 Å². The molecule has 0 spiro atoms. The number of aromatic nitrogens is 3. The van der Waals surface area contributed by atoms with E-state index < -0.39 is 5.82 Å². The van der Waals surface area contributed by atoms with Crippen molar-refractivity contribution in [3.63, 3.8) is 0 Å². The second-order valence-electron chi connectivity index (χ2n) is 7.57. The van der Waals surface area contributed by atoms with E-state index in [4.69, 9.17) is 10.6 Å². The summed E-state index contributed by atoms with van der Waals surface area (Å²) >= 11 is 0. The van der Waals surface area contributed by atoms with Crippen molar-refractivity contribution in [2.75, 3.05) is 60.6 Å². The van der Waals surface area contributed by atoms with Gasteiger partial charge in [0.2, 0.25) is 0 Å². The van der Waals surface area contributed by atoms with Gasteiger partial charge in [0, 0.05) is 38.6 Å². The normalized spacial score (nSPS) is 13.9. The van der Waals surface area contributed by atoms with E-state index in [2.05, 4.69) is 25.4 Å². The van der Waals surface area contributed by atoms with Gasteiger partial charge in [-0.25, -0.2) is 15.2 Å². The summed E-state index contributed by atoms with van der Waals surface area (Å²) in [6.07, 6.45) is 4.27. The molecule has 4 rings (SSSR count). The first-order valence-electron chi connectivity index (χ1n) is 10.4. The Hall–Kier alpha value is -3.83. The molecule has 11 heteroatoms. The van der Waals surface area contributed by atoms with Crippen LogP contribution in [0.3, 0.4) is 0 Å². The molecule has 10 nitrogen and oxygen atoms in total. The molecule has 0 bridgehead atoms. The number of pyridine rings is 1. The zero-order valence-corrected chi connectivity index (χ0v) is 18.5. The molecule has 0 amide bonds. The van der Waals surface area contributed by atoms with E-state index in [0.717, 1.165) is 28.4 Å². The zero-order valence-electron chi connectivity index (χ0n) is 18.5. The van der Waals surface area contributed by atoms with Gasteiger partial charge in [0.1, 0.15) is 0 Å². The largest absolute Gasteiger partial charge is 0.378 e. The second-order valence-corrected chi connectivity index (χ2v) is 7.57. The number of halogens is 1. The summed E-state index contributed by atoms with van der Waals surface area (Å²) in [5.41, 5.74) is 3.51. The number of nitrogens with one attached hydrogen (secondary N) is 1. The van der Waals surface area contributed by atoms with E-state index in [1.807, 2.05) is 49.3 Å². The second kappa shape index (κ2) is 10.2. The predicted molar refractivity (Wildman–Crippen MR) is 128 cm³/mol. The summed E-state index contributed by atoms with van der Waals surface area (Å²) in [4.78, 5) is 16.4. The van der Waals surface area contributed by atoms with Gasteiger partial charge >= 0.3 is 0 Å². The number of rotatable bonds is 7. The van der Waals surface area contributed by atoms with Gasteiger partial charge in [-0.3, -0.25) is 4.98 Å². The van der Waals surface area contributed by atoms with Crippen molar-refractivity contribution >= 4 is 35.0 Å². The van der Waals surface area contributed by atoms with Gasteiger partial charge in [0.25, 0.3) is 5.95 Å². The lowest BCUT2D eigenvalue weighted by atomic mass is 10.2. The molecule has 0 radical (unpaired) electrons. The lowest BCUT2D eigenvalue weighted by molar-refractivity contribution is 0.122. The Morgan fingerprint density at radius 3 is 2.45 bits per heavy atom. The first-order valence-corrected chi connectivity index (χ1v) is 10.4. The molecule has 2 aromatic heterocycles. The summed E-state index contributed by atoms with van der Waals surface area (Å²) in [7, 11) is 4.00. The molecule has 0 saturated carbocycles. The van der Waals surface area contributed by atoms with Gasteiger partial charge in [0.05, 0.1) is 43.2 Å². The molecule has 172 valence electrons. The van der Waals surface area contributed by atoms with Crippen molar-refractivity contribution in [2.24, 2.45) is 10.9 Å². The Balaban J connectivity index is 1.39. The zero-order chi connectivity index (χ0) is 23.2. The standard InChI is InChI=1S/C22H26FN9O/c1-30(2)19-7-5-16(6-8-19)28-18-4-3-17(25-13-18)14-27-32(24)22-26-15-20(23)21(29-22)31-9-11-33-12-10-31/h3-8,13-15,28H,9-12,24H2,1-2H3/b27-14+. The molecular formula is C22H26FN9O. The molecule has 0 atom stereocenters. The highest BCUT2D eigenvalue weighted by molar-refractivity contribution is 5.78. The molecule has 1 aliphatic heterocycles. The molecule has 3 aromatic rings. The number of benzene rings is 1. The fourth-order valence-corrected chi connectivity index (χ4v) is 3.19. The van der Waals surface area contributed by atoms with Crippen LogP contribution in [0.1, 0.15) is 5.69 Å². The number of nitrogens with zero attached hydrogens (tertiary/aromatic N) is 7. The Morgan fingerprint density at radius 1 is 1.06 bits per heavy atom. The smallest absolute Gasteiger partial charge is 0.263 e. The van der Waals surface area contributed by atoms with Crippen LogP contribution in [0, 0.1) is 5.82 Å². The average molecular weight is 452 g/mol. The average Bonchev–Trinajstić information content (AvgIpc) is 2.84. The number of anilines is 5. The number of hydrogen-bond acceptors (Lipinski definition) is 10. The monoisotopic (exact) mass is 451 g/mol. The van der Waals surface area contributed by atoms with Crippen LogP contribution in [0.4, 0.5) is 33.2 Å². The summed E-state index contributed by atoms with van der Waals surface area (Å²) < 4.78 is 19.5. The highest BCUT2D eigenvalue weighted by Crippen LogP contribution is 2.21. The fourth-order valence-electron chi connectivity index (χ4n) is 3.19. The number of ether oxygens (including phenoxy) is 1. The Labute approximate surface area is 191 Å². The van der Waals surface area contributed by atoms with E-state index in [9.17, 15) is 4.39 Å². The van der Waals surface area contributed by atoms with Crippen molar-refractivity contribution < 1.29 is 9.13 Å². The minimum Gasteiger partial charge on any atom is -0.378 e. The van der Waals surface area contributed by atoms with Gasteiger partial charge in [-0.2, -0.15) is 15.2 Å². The first kappa shape index (κ1) is 22.4. The van der Waals surface area contributed by atoms with Crippen molar-refractivity contribution in [3.8, 4) is 0 Å². The van der Waals surface area contributed by atoms with Crippen molar-refractivity contribution in [1.29, 1.82) is 0 Å². The van der Waals surface area contributed by atoms with Gasteiger partial charge < -0.3 is 19.9 Å². The minimum atomic E-state index is -0.515. The predicted octanol–water partition coefficient (Wildman–Crippen LogP) is 2.37. The highest BCUT2D eigenvalue weighted by atomic mass is 19.1. The molecular weight excluding hydrogens is 425 g/mol. The number of hydrazone groups is 1. The fraction of sp³-hybridized carbons (Fsp3) is 0.273. The van der Waals surface area contributed by atoms with Crippen LogP contribution in [0.2, 0.25) is 0 Å². The minimum absolute atomic E-state index is 0.0774. The van der Waals surface area contributed by atoms with Crippen LogP contribution < -0.4 is 26.1 Å².